The van der Waals surface area contributed by atoms with E-state index in [1.165, 1.54) is 11.3 Å². The van der Waals surface area contributed by atoms with Crippen molar-refractivity contribution >= 4 is 38.7 Å². The van der Waals surface area contributed by atoms with Crippen LogP contribution in [-0.2, 0) is 0 Å². The molecule has 0 aliphatic rings. The van der Waals surface area contributed by atoms with Gasteiger partial charge in [-0.1, -0.05) is 11.6 Å². The molecule has 0 fully saturated rings. The average molecular weight is 228 g/mol. The zero-order chi connectivity index (χ0) is 10.1. The summed E-state index contributed by atoms with van der Waals surface area (Å²) >= 11 is 7.43. The van der Waals surface area contributed by atoms with Crippen molar-refractivity contribution in [2.75, 3.05) is 12.3 Å². The van der Waals surface area contributed by atoms with E-state index in [-0.39, 0.29) is 0 Å². The number of benzene rings is 1. The van der Waals surface area contributed by atoms with Gasteiger partial charge in [0.1, 0.15) is 5.75 Å². The molecule has 4 heteroatoms. The number of anilines is 1. The van der Waals surface area contributed by atoms with Gasteiger partial charge >= 0.3 is 0 Å². The molecule has 1 aromatic carbocycles. The lowest BCUT2D eigenvalue weighted by molar-refractivity contribution is 0.342. The highest BCUT2D eigenvalue weighted by atomic mass is 35.5. The minimum Gasteiger partial charge on any atom is -0.492 e. The number of hydrogen-bond donors (Lipinski definition) is 1. The third-order valence-corrected chi connectivity index (χ3v) is 3.20. The van der Waals surface area contributed by atoms with Crippen LogP contribution < -0.4 is 10.5 Å². The Kier molecular flexibility index (Phi) is 2.52. The second kappa shape index (κ2) is 3.67. The molecule has 1 aromatic heterocycles. The van der Waals surface area contributed by atoms with Gasteiger partial charge in [-0.05, 0) is 25.1 Å². The summed E-state index contributed by atoms with van der Waals surface area (Å²) in [6.45, 7) is 2.55. The third-order valence-electron chi connectivity index (χ3n) is 1.97. The highest BCUT2D eigenvalue weighted by molar-refractivity contribution is 7.22. The predicted octanol–water partition coefficient (Wildman–Crippen LogP) is 3.54. The van der Waals surface area contributed by atoms with E-state index in [0.29, 0.717) is 12.3 Å². The number of nitrogens with two attached hydrogens (primary N) is 1. The van der Waals surface area contributed by atoms with Gasteiger partial charge in [-0.15, -0.1) is 11.3 Å². The van der Waals surface area contributed by atoms with Crippen LogP contribution in [0.15, 0.2) is 18.2 Å². The van der Waals surface area contributed by atoms with E-state index in [9.17, 15) is 0 Å². The van der Waals surface area contributed by atoms with E-state index in [1.807, 2.05) is 25.1 Å². The molecule has 2 rings (SSSR count). The van der Waals surface area contributed by atoms with Crippen molar-refractivity contribution in [3.63, 3.8) is 0 Å². The molecule has 0 aliphatic carbocycles. The lowest BCUT2D eigenvalue weighted by atomic mass is 10.2. The standard InChI is InChI=1S/C10H10ClNOS/c1-2-13-7-3-4-8-6(10(7)12)5-9(11)14-8/h3-5H,2,12H2,1H3. The van der Waals surface area contributed by atoms with E-state index >= 15 is 0 Å². The quantitative estimate of drug-likeness (QED) is 0.797. The number of halogens is 1. The lowest BCUT2D eigenvalue weighted by Gasteiger charge is -2.06. The zero-order valence-corrected chi connectivity index (χ0v) is 9.28. The van der Waals surface area contributed by atoms with Crippen molar-refractivity contribution in [2.45, 2.75) is 6.92 Å². The van der Waals surface area contributed by atoms with E-state index in [1.54, 1.807) is 0 Å². The van der Waals surface area contributed by atoms with Crippen LogP contribution >= 0.6 is 22.9 Å². The molecule has 2 N–H and O–H groups in total. The molecule has 14 heavy (non-hydrogen) atoms. The summed E-state index contributed by atoms with van der Waals surface area (Å²) in [6, 6.07) is 5.74. The molecule has 2 aromatic rings. The molecule has 0 aliphatic heterocycles. The highest BCUT2D eigenvalue weighted by Gasteiger charge is 2.07. The molecule has 1 heterocycles. The maximum atomic E-state index is 5.94. The summed E-state index contributed by atoms with van der Waals surface area (Å²) in [4.78, 5) is 0. The molecule has 0 bridgehead atoms. The molecular weight excluding hydrogens is 218 g/mol. The fourth-order valence-corrected chi connectivity index (χ4v) is 2.52. The maximum absolute atomic E-state index is 5.94. The van der Waals surface area contributed by atoms with Gasteiger partial charge < -0.3 is 10.5 Å². The molecule has 74 valence electrons. The first-order chi connectivity index (χ1) is 6.72. The molecule has 0 amide bonds. The van der Waals surface area contributed by atoms with Gasteiger partial charge in [-0.3, -0.25) is 0 Å². The Morgan fingerprint density at radius 2 is 2.29 bits per heavy atom. The Hall–Kier alpha value is -0.930. The van der Waals surface area contributed by atoms with Crippen molar-refractivity contribution in [1.82, 2.24) is 0 Å². The Morgan fingerprint density at radius 1 is 1.50 bits per heavy atom. The predicted molar refractivity (Wildman–Crippen MR) is 62.4 cm³/mol. The lowest BCUT2D eigenvalue weighted by Crippen LogP contribution is -1.96. The van der Waals surface area contributed by atoms with Crippen LogP contribution in [-0.4, -0.2) is 6.61 Å². The van der Waals surface area contributed by atoms with Gasteiger partial charge in [-0.25, -0.2) is 0 Å². The molecule has 0 unspecified atom stereocenters. The first-order valence-electron chi connectivity index (χ1n) is 4.32. The van der Waals surface area contributed by atoms with Crippen LogP contribution in [0.2, 0.25) is 4.34 Å². The van der Waals surface area contributed by atoms with Gasteiger partial charge in [0.2, 0.25) is 0 Å². The second-order valence-electron chi connectivity index (χ2n) is 2.87. The van der Waals surface area contributed by atoms with Crippen molar-refractivity contribution in [2.24, 2.45) is 0 Å². The summed E-state index contributed by atoms with van der Waals surface area (Å²) < 4.78 is 7.23. The Balaban J connectivity index is 2.61. The van der Waals surface area contributed by atoms with Crippen LogP contribution in [0.25, 0.3) is 10.1 Å². The summed E-state index contributed by atoms with van der Waals surface area (Å²) in [6.07, 6.45) is 0. The van der Waals surface area contributed by atoms with Crippen molar-refractivity contribution in [3.8, 4) is 5.75 Å². The average Bonchev–Trinajstić information content (AvgIpc) is 2.52. The minimum atomic E-state index is 0.619. The van der Waals surface area contributed by atoms with Crippen LogP contribution in [0.3, 0.4) is 0 Å². The number of rotatable bonds is 2. The van der Waals surface area contributed by atoms with E-state index in [0.717, 1.165) is 20.2 Å². The zero-order valence-electron chi connectivity index (χ0n) is 7.71. The van der Waals surface area contributed by atoms with Crippen LogP contribution in [0.5, 0.6) is 5.75 Å². The van der Waals surface area contributed by atoms with Crippen molar-refractivity contribution in [3.05, 3.63) is 22.5 Å². The molecule has 0 radical (unpaired) electrons. The van der Waals surface area contributed by atoms with Crippen LogP contribution in [0.4, 0.5) is 5.69 Å². The Morgan fingerprint density at radius 3 is 3.00 bits per heavy atom. The monoisotopic (exact) mass is 227 g/mol. The number of fused-ring (bicyclic) bond motifs is 1. The fourth-order valence-electron chi connectivity index (χ4n) is 1.36. The molecule has 0 spiro atoms. The third kappa shape index (κ3) is 1.53. The summed E-state index contributed by atoms with van der Waals surface area (Å²) in [5, 5.41) is 0.978. The normalized spacial score (nSPS) is 10.7. The summed E-state index contributed by atoms with van der Waals surface area (Å²) in [7, 11) is 0. The van der Waals surface area contributed by atoms with Crippen LogP contribution in [0, 0.1) is 0 Å². The van der Waals surface area contributed by atoms with E-state index < -0.39 is 0 Å². The maximum Gasteiger partial charge on any atom is 0.142 e. The van der Waals surface area contributed by atoms with Gasteiger partial charge in [0.25, 0.3) is 0 Å². The fraction of sp³-hybridized carbons (Fsp3) is 0.200. The molecule has 2 nitrogen and oxygen atoms in total. The molecule has 0 atom stereocenters. The largest absolute Gasteiger partial charge is 0.492 e. The van der Waals surface area contributed by atoms with E-state index in [4.69, 9.17) is 22.1 Å². The van der Waals surface area contributed by atoms with Crippen LogP contribution in [0.1, 0.15) is 6.92 Å². The smallest absolute Gasteiger partial charge is 0.142 e. The van der Waals surface area contributed by atoms with Gasteiger partial charge in [0, 0.05) is 10.1 Å². The molecule has 0 saturated carbocycles. The number of hydrogen-bond acceptors (Lipinski definition) is 3. The molecular formula is C10H10ClNOS. The second-order valence-corrected chi connectivity index (χ2v) is 4.59. The number of nitrogen functional groups attached to an aromatic ring is 1. The Labute approximate surface area is 91.2 Å². The SMILES string of the molecule is CCOc1ccc2sc(Cl)cc2c1N. The Bertz CT molecular complexity index is 466. The number of ether oxygens (including phenoxy) is 1. The highest BCUT2D eigenvalue weighted by Crippen LogP contribution is 2.37. The molecule has 0 saturated heterocycles. The minimum absolute atomic E-state index is 0.619. The summed E-state index contributed by atoms with van der Waals surface area (Å²) in [5.41, 5.74) is 6.62. The van der Waals surface area contributed by atoms with Gasteiger partial charge in [0.15, 0.2) is 0 Å². The van der Waals surface area contributed by atoms with Crippen molar-refractivity contribution in [1.29, 1.82) is 0 Å². The topological polar surface area (TPSA) is 35.2 Å². The van der Waals surface area contributed by atoms with Crippen molar-refractivity contribution < 1.29 is 4.74 Å². The number of thiophene rings is 1. The van der Waals surface area contributed by atoms with Gasteiger partial charge in [0.05, 0.1) is 16.6 Å². The first kappa shape index (κ1) is 9.62. The summed E-state index contributed by atoms with van der Waals surface area (Å²) in [5.74, 6) is 0.731. The van der Waals surface area contributed by atoms with E-state index in [2.05, 4.69) is 0 Å². The first-order valence-corrected chi connectivity index (χ1v) is 5.52. The van der Waals surface area contributed by atoms with Gasteiger partial charge in [-0.2, -0.15) is 0 Å².